The number of hydrogen-bond donors (Lipinski definition) is 1. The monoisotopic (exact) mass is 543 g/mol. The molecule has 38 heavy (non-hydrogen) atoms. The van der Waals surface area contributed by atoms with Crippen molar-refractivity contribution in [2.75, 3.05) is 6.61 Å². The Kier molecular flexibility index (Phi) is 7.09. The molecule has 5 nitrogen and oxygen atoms in total. The van der Waals surface area contributed by atoms with Crippen LogP contribution >= 0.6 is 9.47 Å². The van der Waals surface area contributed by atoms with E-state index in [1.807, 2.05) is 6.92 Å². The summed E-state index contributed by atoms with van der Waals surface area (Å²) in [5.74, 6) is 3.85. The second-order valence-corrected chi connectivity index (χ2v) is 15.3. The molecule has 0 aromatic carbocycles. The first kappa shape index (κ1) is 28.4. The molecule has 11 atom stereocenters. The van der Waals surface area contributed by atoms with Crippen LogP contribution in [0.5, 0.6) is 0 Å². The van der Waals surface area contributed by atoms with Gasteiger partial charge in [-0.25, -0.2) is 0 Å². The molecule has 5 saturated carbocycles. The topological polar surface area (TPSA) is 68.1 Å². The largest absolute Gasteiger partial charge is 0.481 e. The molecular weight excluding hydrogens is 493 g/mol. The maximum Gasteiger partial charge on any atom is 0.309 e. The van der Waals surface area contributed by atoms with E-state index in [1.54, 1.807) is 0 Å². The number of hydrogen-bond acceptors (Lipinski definition) is 4. The Morgan fingerprint density at radius 3 is 2.37 bits per heavy atom. The minimum atomic E-state index is -0.641. The molecule has 1 N–H and O–H groups in total. The van der Waals surface area contributed by atoms with Crippen LogP contribution in [0.4, 0.5) is 0 Å². The maximum atomic E-state index is 13.0. The summed E-state index contributed by atoms with van der Waals surface area (Å²) in [6.07, 6.45) is 16.2. The zero-order chi connectivity index (χ0) is 27.7. The van der Waals surface area contributed by atoms with Crippen molar-refractivity contribution in [3.8, 4) is 12.3 Å². The smallest absolute Gasteiger partial charge is 0.309 e. The number of oxime groups is 1. The predicted octanol–water partition coefficient (Wildman–Crippen LogP) is 7.35. The molecular formula is C32H50NO4P. The van der Waals surface area contributed by atoms with Gasteiger partial charge in [-0.15, -0.1) is 6.42 Å². The van der Waals surface area contributed by atoms with Crippen molar-refractivity contribution in [3.63, 3.8) is 0 Å². The van der Waals surface area contributed by atoms with Crippen molar-refractivity contribution in [2.24, 2.45) is 61.8 Å². The maximum absolute atomic E-state index is 13.0. The Labute approximate surface area is 232 Å². The van der Waals surface area contributed by atoms with Gasteiger partial charge in [0.05, 0.1) is 17.2 Å². The number of aliphatic carboxylic acids is 1. The lowest BCUT2D eigenvalue weighted by molar-refractivity contribution is -0.245. The molecule has 0 spiro atoms. The molecule has 212 valence electrons. The molecule has 0 aromatic heterocycles. The van der Waals surface area contributed by atoms with Crippen molar-refractivity contribution in [2.45, 2.75) is 112 Å². The van der Waals surface area contributed by atoms with Gasteiger partial charge in [-0.3, -0.25) is 4.79 Å². The number of carbonyl (C=O) groups is 1. The third-order valence-electron chi connectivity index (χ3n) is 13.9. The standard InChI is InChI=1S/C32H50NO4P/c1-8-19-36-33-20(2)21-11-16-32(27(34)35)18-17-30(6)22(26(21)32)9-10-24-29(5)14-13-25(37-38)28(3,4)23(29)12-15-31(24,30)7/h1,21-26H,9-19,38H2,2-7H3,(H,34,35)/b33-20-/t21-,22?,23?,24?,25-,26?,29-,30+,31+,32-/m0/s1. The lowest BCUT2D eigenvalue weighted by Gasteiger charge is -2.72. The zero-order valence-corrected chi connectivity index (χ0v) is 25.7. The normalized spacial score (nSPS) is 49.6. The lowest BCUT2D eigenvalue weighted by atomic mass is 9.32. The van der Waals surface area contributed by atoms with E-state index in [9.17, 15) is 9.90 Å². The van der Waals surface area contributed by atoms with E-state index in [4.69, 9.17) is 15.8 Å². The number of nitrogens with zero attached hydrogens (tertiary/aromatic N) is 1. The molecule has 0 aliphatic heterocycles. The van der Waals surface area contributed by atoms with Crippen LogP contribution in [0.2, 0.25) is 0 Å². The molecule has 5 rings (SSSR count). The fourth-order valence-electron chi connectivity index (χ4n) is 11.9. The first-order valence-electron chi connectivity index (χ1n) is 15.0. The van der Waals surface area contributed by atoms with Crippen LogP contribution in [0.1, 0.15) is 106 Å². The summed E-state index contributed by atoms with van der Waals surface area (Å²) < 4.78 is 5.95. The van der Waals surface area contributed by atoms with Crippen LogP contribution in [-0.4, -0.2) is 29.5 Å². The fourth-order valence-corrected chi connectivity index (χ4v) is 12.4. The van der Waals surface area contributed by atoms with Crippen LogP contribution in [0.15, 0.2) is 5.16 Å². The first-order chi connectivity index (χ1) is 17.8. The second-order valence-electron chi connectivity index (χ2n) is 15.0. The van der Waals surface area contributed by atoms with Crippen molar-refractivity contribution in [1.29, 1.82) is 0 Å². The summed E-state index contributed by atoms with van der Waals surface area (Å²) in [5.41, 5.74) is 1.06. The van der Waals surface area contributed by atoms with E-state index < -0.39 is 11.4 Å². The number of fused-ring (bicyclic) bond motifs is 7. The van der Waals surface area contributed by atoms with Gasteiger partial charge in [0.15, 0.2) is 6.61 Å². The Balaban J connectivity index is 1.52. The van der Waals surface area contributed by atoms with Gasteiger partial charge in [0.25, 0.3) is 0 Å². The molecule has 0 aromatic rings. The molecule has 0 heterocycles. The number of carboxylic acids is 1. The van der Waals surface area contributed by atoms with Crippen molar-refractivity contribution in [3.05, 3.63) is 0 Å². The zero-order valence-electron chi connectivity index (χ0n) is 24.5. The average molecular weight is 544 g/mol. The highest BCUT2D eigenvalue weighted by Gasteiger charge is 2.72. The van der Waals surface area contributed by atoms with Gasteiger partial charge in [-0.1, -0.05) is 45.7 Å². The number of terminal acetylenes is 1. The average Bonchev–Trinajstić information content (AvgIpc) is 3.25. The highest BCUT2D eigenvalue weighted by molar-refractivity contribution is 7.09. The summed E-state index contributed by atoms with van der Waals surface area (Å²) in [6, 6.07) is 0. The summed E-state index contributed by atoms with van der Waals surface area (Å²) in [6.45, 7) is 14.8. The summed E-state index contributed by atoms with van der Waals surface area (Å²) in [4.78, 5) is 18.4. The van der Waals surface area contributed by atoms with E-state index >= 15 is 0 Å². The lowest BCUT2D eigenvalue weighted by Crippen LogP contribution is -2.67. The van der Waals surface area contributed by atoms with Gasteiger partial charge in [0.2, 0.25) is 0 Å². The molecule has 5 unspecified atom stereocenters. The summed E-state index contributed by atoms with van der Waals surface area (Å²) in [7, 11) is 2.54. The van der Waals surface area contributed by atoms with Crippen molar-refractivity contribution in [1.82, 2.24) is 0 Å². The molecule has 0 radical (unpaired) electrons. The van der Waals surface area contributed by atoms with Gasteiger partial charge in [0.1, 0.15) is 0 Å². The molecule has 6 heteroatoms. The van der Waals surface area contributed by atoms with E-state index in [1.165, 1.54) is 25.7 Å². The number of rotatable bonds is 5. The van der Waals surface area contributed by atoms with Crippen LogP contribution < -0.4 is 0 Å². The van der Waals surface area contributed by atoms with Crippen molar-refractivity contribution >= 4 is 21.1 Å². The SMILES string of the molecule is C#CCO/N=C(/C)[C@@H]1CC[C@]2(C(=O)O)CC[C@]3(C)C(CCC4[C@@]5(C)CC[C@H](OP)C(C)(C)C5CC[C@]43C)C12. The molecule has 0 amide bonds. The Bertz CT molecular complexity index is 1030. The Morgan fingerprint density at radius 1 is 0.974 bits per heavy atom. The summed E-state index contributed by atoms with van der Waals surface area (Å²) >= 11 is 0. The Morgan fingerprint density at radius 2 is 1.71 bits per heavy atom. The molecule has 5 aliphatic rings. The van der Waals surface area contributed by atoms with Crippen LogP contribution in [0.25, 0.3) is 0 Å². The Hall–Kier alpha value is -1.11. The predicted molar refractivity (Wildman–Crippen MR) is 154 cm³/mol. The summed E-state index contributed by atoms with van der Waals surface area (Å²) in [5, 5.41) is 15.1. The van der Waals surface area contributed by atoms with E-state index in [-0.39, 0.29) is 34.7 Å². The van der Waals surface area contributed by atoms with Crippen LogP contribution in [0, 0.1) is 69.0 Å². The second kappa shape index (κ2) is 9.48. The van der Waals surface area contributed by atoms with Gasteiger partial charge in [-0.05, 0) is 116 Å². The van der Waals surface area contributed by atoms with Gasteiger partial charge < -0.3 is 14.5 Å². The highest BCUT2D eigenvalue weighted by Crippen LogP contribution is 2.77. The van der Waals surface area contributed by atoms with Gasteiger partial charge in [-0.2, -0.15) is 0 Å². The number of carboxylic acid groups (broad SMARTS) is 1. The van der Waals surface area contributed by atoms with E-state index in [0.717, 1.165) is 44.2 Å². The molecule has 5 fully saturated rings. The molecule has 5 aliphatic carbocycles. The molecule has 0 bridgehead atoms. The minimum Gasteiger partial charge on any atom is -0.481 e. The van der Waals surface area contributed by atoms with E-state index in [0.29, 0.717) is 29.3 Å². The van der Waals surface area contributed by atoms with Crippen molar-refractivity contribution < 1.29 is 19.3 Å². The van der Waals surface area contributed by atoms with E-state index in [2.05, 4.69) is 55.2 Å². The quantitative estimate of drug-likeness (QED) is 0.129. The first-order valence-corrected chi connectivity index (χ1v) is 15.5. The fraction of sp³-hybridized carbons (Fsp3) is 0.875. The third-order valence-corrected chi connectivity index (χ3v) is 14.2. The van der Waals surface area contributed by atoms with Gasteiger partial charge >= 0.3 is 5.97 Å². The van der Waals surface area contributed by atoms with Crippen LogP contribution in [-0.2, 0) is 14.2 Å². The molecule has 0 saturated heterocycles. The van der Waals surface area contributed by atoms with Crippen LogP contribution in [0.3, 0.4) is 0 Å². The minimum absolute atomic E-state index is 0.109. The highest BCUT2D eigenvalue weighted by atomic mass is 31.0. The third kappa shape index (κ3) is 3.64. The van der Waals surface area contributed by atoms with Gasteiger partial charge in [0, 0.05) is 15.4 Å².